The molecule has 124 valence electrons. The quantitative estimate of drug-likeness (QED) is 0.821. The Morgan fingerprint density at radius 1 is 1.48 bits per heavy atom. The van der Waals surface area contributed by atoms with Crippen molar-refractivity contribution >= 4 is 29.2 Å². The summed E-state index contributed by atoms with van der Waals surface area (Å²) in [6, 6.07) is 1.44. The summed E-state index contributed by atoms with van der Waals surface area (Å²) >= 11 is 1.61. The zero-order valence-corrected chi connectivity index (χ0v) is 14.2. The molecule has 2 N–H and O–H groups in total. The van der Waals surface area contributed by atoms with Crippen molar-refractivity contribution in [2.75, 3.05) is 13.1 Å². The van der Waals surface area contributed by atoms with E-state index >= 15 is 0 Å². The second-order valence-electron chi connectivity index (χ2n) is 6.54. The molecular weight excluding hydrogens is 314 g/mol. The summed E-state index contributed by atoms with van der Waals surface area (Å²) in [7, 11) is 0. The number of hydrogen-bond acceptors (Lipinski definition) is 4. The van der Waals surface area contributed by atoms with Gasteiger partial charge in [-0.2, -0.15) is 0 Å². The number of amides is 4. The summed E-state index contributed by atoms with van der Waals surface area (Å²) in [4.78, 5) is 39.3. The molecule has 23 heavy (non-hydrogen) atoms. The largest absolute Gasteiger partial charge is 0.354 e. The van der Waals surface area contributed by atoms with Crippen LogP contribution in [0.15, 0.2) is 11.4 Å². The van der Waals surface area contributed by atoms with Gasteiger partial charge < -0.3 is 10.6 Å². The van der Waals surface area contributed by atoms with Gasteiger partial charge in [0.15, 0.2) is 0 Å². The van der Waals surface area contributed by atoms with E-state index in [0.29, 0.717) is 18.9 Å². The van der Waals surface area contributed by atoms with Crippen LogP contribution in [0.2, 0.25) is 0 Å². The van der Waals surface area contributed by atoms with E-state index in [-0.39, 0.29) is 18.4 Å². The monoisotopic (exact) mass is 335 g/mol. The highest BCUT2D eigenvalue weighted by Gasteiger charge is 2.54. The second-order valence-corrected chi connectivity index (χ2v) is 7.54. The number of thiophene rings is 1. The predicted octanol–water partition coefficient (Wildman–Crippen LogP) is 1.60. The molecule has 3 rings (SSSR count). The van der Waals surface area contributed by atoms with Crippen molar-refractivity contribution in [3.63, 3.8) is 0 Å². The second kappa shape index (κ2) is 5.96. The highest BCUT2D eigenvalue weighted by Crippen LogP contribution is 2.41. The molecule has 0 radical (unpaired) electrons. The van der Waals surface area contributed by atoms with Gasteiger partial charge in [0.05, 0.1) is 0 Å². The molecule has 2 heterocycles. The van der Waals surface area contributed by atoms with Crippen molar-refractivity contribution in [1.82, 2.24) is 15.5 Å². The zero-order chi connectivity index (χ0) is 16.6. The van der Waals surface area contributed by atoms with E-state index in [9.17, 15) is 14.4 Å². The zero-order valence-electron chi connectivity index (χ0n) is 13.3. The average molecular weight is 335 g/mol. The Morgan fingerprint density at radius 2 is 2.26 bits per heavy atom. The molecule has 1 saturated heterocycles. The lowest BCUT2D eigenvalue weighted by Crippen LogP contribution is -2.47. The van der Waals surface area contributed by atoms with Crippen LogP contribution >= 0.6 is 11.3 Å². The van der Waals surface area contributed by atoms with Crippen LogP contribution in [-0.2, 0) is 21.5 Å². The van der Waals surface area contributed by atoms with Crippen molar-refractivity contribution in [3.8, 4) is 0 Å². The summed E-state index contributed by atoms with van der Waals surface area (Å²) in [6.45, 7) is 4.28. The van der Waals surface area contributed by atoms with Crippen LogP contribution < -0.4 is 10.6 Å². The fraction of sp³-hybridized carbons (Fsp3) is 0.562. The predicted molar refractivity (Wildman–Crippen MR) is 87.0 cm³/mol. The maximum absolute atomic E-state index is 12.9. The highest BCUT2D eigenvalue weighted by atomic mass is 32.1. The van der Waals surface area contributed by atoms with Crippen LogP contribution in [0, 0.1) is 5.92 Å². The Bertz CT molecular complexity index is 655. The van der Waals surface area contributed by atoms with Gasteiger partial charge in [0, 0.05) is 17.0 Å². The minimum atomic E-state index is -0.969. The maximum atomic E-state index is 12.9. The molecule has 0 saturated carbocycles. The number of hydrogen-bond donors (Lipinski definition) is 2. The highest BCUT2D eigenvalue weighted by molar-refractivity contribution is 7.10. The Balaban J connectivity index is 1.78. The lowest BCUT2D eigenvalue weighted by atomic mass is 9.80. The minimum absolute atomic E-state index is 0.224. The Labute approximate surface area is 139 Å². The number of nitrogens with one attached hydrogen (secondary N) is 2. The number of urea groups is 1. The number of carbonyl (C=O) groups is 3. The van der Waals surface area contributed by atoms with Crippen molar-refractivity contribution in [1.29, 1.82) is 0 Å². The van der Waals surface area contributed by atoms with Gasteiger partial charge in [-0.25, -0.2) is 4.79 Å². The number of carbonyl (C=O) groups excluding carboxylic acids is 3. The van der Waals surface area contributed by atoms with Crippen LogP contribution in [0.3, 0.4) is 0 Å². The first-order valence-electron chi connectivity index (χ1n) is 7.91. The lowest BCUT2D eigenvalue weighted by Gasteiger charge is -2.31. The first-order chi connectivity index (χ1) is 10.9. The molecule has 0 bridgehead atoms. The summed E-state index contributed by atoms with van der Waals surface area (Å²) < 4.78 is 0. The Hall–Kier alpha value is -1.89. The molecule has 1 aromatic heterocycles. The van der Waals surface area contributed by atoms with E-state index in [1.54, 1.807) is 11.3 Å². The van der Waals surface area contributed by atoms with Crippen LogP contribution in [0.4, 0.5) is 4.79 Å². The summed E-state index contributed by atoms with van der Waals surface area (Å²) in [5.74, 6) is -0.290. The van der Waals surface area contributed by atoms with E-state index < -0.39 is 11.6 Å². The van der Waals surface area contributed by atoms with E-state index in [0.717, 1.165) is 28.2 Å². The summed E-state index contributed by atoms with van der Waals surface area (Å²) in [6.07, 6.45) is 2.38. The molecule has 4 amide bonds. The molecule has 0 aromatic carbocycles. The Morgan fingerprint density at radius 3 is 3.00 bits per heavy atom. The molecule has 1 aliphatic heterocycles. The van der Waals surface area contributed by atoms with Gasteiger partial charge >= 0.3 is 6.03 Å². The van der Waals surface area contributed by atoms with E-state index in [2.05, 4.69) is 10.6 Å². The molecule has 1 aliphatic carbocycles. The van der Waals surface area contributed by atoms with E-state index in [1.807, 2.05) is 25.3 Å². The minimum Gasteiger partial charge on any atom is -0.354 e. The number of rotatable bonds is 4. The van der Waals surface area contributed by atoms with Gasteiger partial charge in [-0.15, -0.1) is 11.3 Å². The van der Waals surface area contributed by atoms with E-state index in [1.165, 1.54) is 0 Å². The lowest BCUT2D eigenvalue weighted by molar-refractivity contribution is -0.135. The molecule has 6 nitrogen and oxygen atoms in total. The van der Waals surface area contributed by atoms with Crippen LogP contribution in [0.25, 0.3) is 0 Å². The SMILES string of the molecule is CC(C)CNC(=O)CN1C(=O)N[C@]2(CCCc3sccc32)C1=O. The number of imide groups is 1. The molecular formula is C16H21N3O3S. The topological polar surface area (TPSA) is 78.5 Å². The van der Waals surface area contributed by atoms with Crippen molar-refractivity contribution in [2.45, 2.75) is 38.6 Å². The number of nitrogens with zero attached hydrogens (tertiary/aromatic N) is 1. The van der Waals surface area contributed by atoms with Gasteiger partial charge in [-0.05, 0) is 36.6 Å². The smallest absolute Gasteiger partial charge is 0.325 e. The van der Waals surface area contributed by atoms with Crippen LogP contribution in [-0.4, -0.2) is 35.8 Å². The van der Waals surface area contributed by atoms with Gasteiger partial charge in [-0.3, -0.25) is 14.5 Å². The van der Waals surface area contributed by atoms with Gasteiger partial charge in [0.2, 0.25) is 5.91 Å². The summed E-state index contributed by atoms with van der Waals surface area (Å²) in [5, 5.41) is 7.54. The fourth-order valence-electron chi connectivity index (χ4n) is 3.20. The summed E-state index contributed by atoms with van der Waals surface area (Å²) in [5.41, 5.74) is -0.0691. The van der Waals surface area contributed by atoms with Crippen LogP contribution in [0.5, 0.6) is 0 Å². The van der Waals surface area contributed by atoms with E-state index in [4.69, 9.17) is 0 Å². The third kappa shape index (κ3) is 2.73. The molecule has 1 aromatic rings. The van der Waals surface area contributed by atoms with Crippen molar-refractivity contribution in [3.05, 3.63) is 21.9 Å². The van der Waals surface area contributed by atoms with Crippen molar-refractivity contribution < 1.29 is 14.4 Å². The standard InChI is InChI=1S/C16H21N3O3S/c1-10(2)8-17-13(20)9-19-14(21)16(18-15(19)22)6-3-4-12-11(16)5-7-23-12/h5,7,10H,3-4,6,8-9H2,1-2H3,(H,17,20)(H,18,22)/t16-/m0/s1. The fourth-order valence-corrected chi connectivity index (χ4v) is 4.20. The normalized spacial score (nSPS) is 23.3. The third-order valence-corrected chi connectivity index (χ3v) is 5.33. The molecule has 1 spiro atoms. The first kappa shape index (κ1) is 16.0. The number of fused-ring (bicyclic) bond motifs is 2. The molecule has 0 unspecified atom stereocenters. The van der Waals surface area contributed by atoms with Gasteiger partial charge in [0.1, 0.15) is 12.1 Å². The maximum Gasteiger partial charge on any atom is 0.325 e. The average Bonchev–Trinajstić information content (AvgIpc) is 3.06. The third-order valence-electron chi connectivity index (χ3n) is 4.35. The Kier molecular flexibility index (Phi) is 4.14. The first-order valence-corrected chi connectivity index (χ1v) is 8.79. The van der Waals surface area contributed by atoms with Gasteiger partial charge in [-0.1, -0.05) is 13.8 Å². The molecule has 1 atom stereocenters. The number of aryl methyl sites for hydroxylation is 1. The molecule has 7 heteroatoms. The van der Waals surface area contributed by atoms with Crippen LogP contribution in [0.1, 0.15) is 37.1 Å². The molecule has 1 fully saturated rings. The van der Waals surface area contributed by atoms with Crippen molar-refractivity contribution in [2.24, 2.45) is 5.92 Å². The van der Waals surface area contributed by atoms with Gasteiger partial charge in [0.25, 0.3) is 5.91 Å². The molecule has 2 aliphatic rings.